The van der Waals surface area contributed by atoms with Gasteiger partial charge in [0.2, 0.25) is 5.91 Å². The second-order valence-electron chi connectivity index (χ2n) is 6.96. The maximum Gasteiger partial charge on any atom is 0.245 e. The fourth-order valence-corrected chi connectivity index (χ4v) is 5.19. The number of aryl methyl sites for hydroxylation is 1. The maximum atomic E-state index is 13.3. The number of β-lactam (4-membered cyclic amide) rings is 1. The average Bonchev–Trinajstić information content (AvgIpc) is 2.73. The molecule has 29 heavy (non-hydrogen) atoms. The number of benzene rings is 3. The van der Waals surface area contributed by atoms with Crippen molar-refractivity contribution in [3.05, 3.63) is 95.8 Å². The van der Waals surface area contributed by atoms with Crippen molar-refractivity contribution < 1.29 is 18.5 Å². The molecule has 1 unspecified atom stereocenters. The molecule has 0 aliphatic carbocycles. The lowest BCUT2D eigenvalue weighted by molar-refractivity contribution is -0.123. The zero-order valence-electron chi connectivity index (χ0n) is 15.6. The van der Waals surface area contributed by atoms with E-state index in [0.29, 0.717) is 17.9 Å². The van der Waals surface area contributed by atoms with Gasteiger partial charge in [0.1, 0.15) is 16.8 Å². The number of halogens is 1. The highest BCUT2D eigenvalue weighted by Crippen LogP contribution is 2.42. The van der Waals surface area contributed by atoms with Crippen LogP contribution in [0.3, 0.4) is 0 Å². The van der Waals surface area contributed by atoms with Crippen molar-refractivity contribution >= 4 is 22.4 Å². The summed E-state index contributed by atoms with van der Waals surface area (Å²) in [5, 5.41) is 8.92. The average molecular weight is 409 g/mol. The first-order chi connectivity index (χ1) is 14.0. The Bertz CT molecular complexity index is 1020. The van der Waals surface area contributed by atoms with Crippen LogP contribution in [0.1, 0.15) is 17.2 Å². The highest BCUT2D eigenvalue weighted by atomic mass is 32.2. The van der Waals surface area contributed by atoms with Gasteiger partial charge < -0.3 is 10.0 Å². The number of carbonyl (C=O) groups excluding carboxylic acids is 1. The Morgan fingerprint density at radius 3 is 2.24 bits per heavy atom. The smallest absolute Gasteiger partial charge is 0.245 e. The first-order valence-electron chi connectivity index (χ1n) is 9.33. The van der Waals surface area contributed by atoms with Crippen LogP contribution in [0.25, 0.3) is 0 Å². The van der Waals surface area contributed by atoms with Gasteiger partial charge in [0, 0.05) is 22.2 Å². The number of phenolic OH excluding ortho intramolecular Hbond substituents is 1. The van der Waals surface area contributed by atoms with Gasteiger partial charge in [-0.25, -0.2) is 4.39 Å². The van der Waals surface area contributed by atoms with E-state index < -0.39 is 22.1 Å². The molecule has 1 N–H and O–H groups in total. The molecule has 0 spiro atoms. The van der Waals surface area contributed by atoms with Crippen molar-refractivity contribution in [2.24, 2.45) is 0 Å². The van der Waals surface area contributed by atoms with Crippen LogP contribution in [0, 0.1) is 5.82 Å². The normalized spacial score (nSPS) is 19.6. The zero-order chi connectivity index (χ0) is 20.4. The molecule has 0 bridgehead atoms. The monoisotopic (exact) mass is 409 g/mol. The Balaban J connectivity index is 1.59. The minimum absolute atomic E-state index is 0.120. The Labute approximate surface area is 171 Å². The van der Waals surface area contributed by atoms with E-state index in [2.05, 4.69) is 0 Å². The lowest BCUT2D eigenvalue weighted by Crippen LogP contribution is -2.61. The molecule has 1 heterocycles. The number of rotatable bonds is 6. The van der Waals surface area contributed by atoms with Crippen molar-refractivity contribution in [3.8, 4) is 5.75 Å². The molecular weight excluding hydrogens is 389 g/mol. The van der Waals surface area contributed by atoms with Crippen molar-refractivity contribution in [2.75, 3.05) is 10.7 Å². The molecule has 4 rings (SSSR count). The molecule has 0 aromatic heterocycles. The summed E-state index contributed by atoms with van der Waals surface area (Å²) < 4.78 is 26.4. The Kier molecular flexibility index (Phi) is 5.45. The molecule has 6 heteroatoms. The number of hydrogen-bond acceptors (Lipinski definition) is 3. The van der Waals surface area contributed by atoms with Gasteiger partial charge in [-0.2, -0.15) is 0 Å². The molecule has 148 valence electrons. The topological polar surface area (TPSA) is 57.6 Å². The van der Waals surface area contributed by atoms with E-state index in [-0.39, 0.29) is 17.5 Å². The van der Waals surface area contributed by atoms with Gasteiger partial charge in [-0.1, -0.05) is 42.5 Å². The second-order valence-corrected chi connectivity index (χ2v) is 8.64. The zero-order valence-corrected chi connectivity index (χ0v) is 16.4. The van der Waals surface area contributed by atoms with Gasteiger partial charge in [0.05, 0.1) is 6.04 Å². The number of aromatic hydroxyl groups is 1. The first kappa shape index (κ1) is 19.3. The highest BCUT2D eigenvalue weighted by Gasteiger charge is 2.52. The van der Waals surface area contributed by atoms with E-state index in [4.69, 9.17) is 0 Å². The molecule has 3 aromatic rings. The lowest BCUT2D eigenvalue weighted by atomic mass is 9.92. The fraction of sp³-hybridized carbons (Fsp3) is 0.174. The number of phenols is 1. The van der Waals surface area contributed by atoms with Crippen LogP contribution in [0.15, 0.2) is 78.9 Å². The SMILES string of the molecule is O=C1[C@H](S(=O)CCc2ccccc2)[C@@H](c2ccc(O)cc2)N1c1ccc(F)cc1. The summed E-state index contributed by atoms with van der Waals surface area (Å²) in [5.74, 6) is -0.117. The first-order valence-corrected chi connectivity index (χ1v) is 10.7. The number of hydrogen-bond donors (Lipinski definition) is 1. The number of amides is 1. The molecule has 1 aliphatic rings. The molecule has 3 aromatic carbocycles. The summed E-state index contributed by atoms with van der Waals surface area (Å²) in [5.41, 5.74) is 2.42. The molecular formula is C23H20FNO3S. The molecule has 0 saturated carbocycles. The van der Waals surface area contributed by atoms with Crippen LogP contribution in [0.5, 0.6) is 5.75 Å². The Morgan fingerprint density at radius 2 is 1.59 bits per heavy atom. The van der Waals surface area contributed by atoms with E-state index in [1.54, 1.807) is 41.3 Å². The maximum absolute atomic E-state index is 13.3. The van der Waals surface area contributed by atoms with Crippen LogP contribution in [-0.2, 0) is 22.0 Å². The molecule has 3 atom stereocenters. The highest BCUT2D eigenvalue weighted by molar-refractivity contribution is 7.86. The third-order valence-corrected chi connectivity index (χ3v) is 6.74. The van der Waals surface area contributed by atoms with Crippen molar-refractivity contribution in [1.29, 1.82) is 0 Å². The second kappa shape index (κ2) is 8.17. The summed E-state index contributed by atoms with van der Waals surface area (Å²) in [6.45, 7) is 0. The summed E-state index contributed by atoms with van der Waals surface area (Å²) in [6.07, 6.45) is 0.621. The van der Waals surface area contributed by atoms with Crippen LogP contribution in [-0.4, -0.2) is 26.2 Å². The van der Waals surface area contributed by atoms with Crippen LogP contribution in [0.4, 0.5) is 10.1 Å². The van der Waals surface area contributed by atoms with Gasteiger partial charge in [-0.15, -0.1) is 0 Å². The largest absolute Gasteiger partial charge is 0.508 e. The number of nitrogens with zero attached hydrogens (tertiary/aromatic N) is 1. The van der Waals surface area contributed by atoms with Gasteiger partial charge in [-0.05, 0) is 53.9 Å². The van der Waals surface area contributed by atoms with Crippen molar-refractivity contribution in [3.63, 3.8) is 0 Å². The summed E-state index contributed by atoms with van der Waals surface area (Å²) in [6, 6.07) is 21.6. The van der Waals surface area contributed by atoms with Gasteiger partial charge >= 0.3 is 0 Å². The van der Waals surface area contributed by atoms with Gasteiger partial charge in [0.15, 0.2) is 0 Å². The van der Waals surface area contributed by atoms with Crippen LogP contribution in [0.2, 0.25) is 0 Å². The van der Waals surface area contributed by atoms with Gasteiger partial charge in [-0.3, -0.25) is 9.00 Å². The molecule has 1 amide bonds. The van der Waals surface area contributed by atoms with Crippen molar-refractivity contribution in [1.82, 2.24) is 0 Å². The summed E-state index contributed by atoms with van der Waals surface area (Å²) in [7, 11) is -1.37. The van der Waals surface area contributed by atoms with Crippen molar-refractivity contribution in [2.45, 2.75) is 17.7 Å². The predicted octanol–water partition coefficient (Wildman–Crippen LogP) is 3.98. The quantitative estimate of drug-likeness (QED) is 0.627. The molecule has 4 nitrogen and oxygen atoms in total. The van der Waals surface area contributed by atoms with E-state index in [9.17, 15) is 18.5 Å². The lowest BCUT2D eigenvalue weighted by Gasteiger charge is -2.46. The fourth-order valence-electron chi connectivity index (χ4n) is 3.59. The molecule has 0 radical (unpaired) electrons. The van der Waals surface area contributed by atoms with Crippen LogP contribution < -0.4 is 4.90 Å². The standard InChI is InChI=1S/C23H20FNO3S/c24-18-8-10-19(11-9-18)25-21(17-6-12-20(26)13-7-17)22(23(25)27)29(28)15-14-16-4-2-1-3-5-16/h1-13,21-22,26H,14-15H2/t21-,22-,29?/m1/s1. The molecule has 1 saturated heterocycles. The van der Waals surface area contributed by atoms with E-state index in [1.807, 2.05) is 30.3 Å². The minimum atomic E-state index is -1.37. The van der Waals surface area contributed by atoms with E-state index in [0.717, 1.165) is 11.1 Å². The Hall–Kier alpha value is -2.99. The third-order valence-electron chi connectivity index (χ3n) is 5.10. The van der Waals surface area contributed by atoms with E-state index >= 15 is 0 Å². The minimum Gasteiger partial charge on any atom is -0.508 e. The van der Waals surface area contributed by atoms with Gasteiger partial charge in [0.25, 0.3) is 0 Å². The number of anilines is 1. The van der Waals surface area contributed by atoms with Crippen LogP contribution >= 0.6 is 0 Å². The third kappa shape index (κ3) is 3.93. The predicted molar refractivity (Wildman–Crippen MR) is 112 cm³/mol. The summed E-state index contributed by atoms with van der Waals surface area (Å²) >= 11 is 0. The summed E-state index contributed by atoms with van der Waals surface area (Å²) in [4.78, 5) is 14.5. The molecule has 1 fully saturated rings. The Morgan fingerprint density at radius 1 is 0.931 bits per heavy atom. The van der Waals surface area contributed by atoms with E-state index in [1.165, 1.54) is 12.1 Å². The molecule has 1 aliphatic heterocycles. The number of carbonyl (C=O) groups is 1.